The molecule has 1 aromatic rings. The maximum atomic E-state index is 11.9. The molecular weight excluding hydrogens is 248 g/mol. The Morgan fingerprint density at radius 1 is 1.53 bits per heavy atom. The average Bonchev–Trinajstić information content (AvgIpc) is 2.41. The van der Waals surface area contributed by atoms with Gasteiger partial charge >= 0.3 is 6.03 Å². The van der Waals surface area contributed by atoms with Crippen LogP contribution >= 0.6 is 0 Å². The van der Waals surface area contributed by atoms with Crippen molar-refractivity contribution in [2.45, 2.75) is 19.9 Å². The van der Waals surface area contributed by atoms with Gasteiger partial charge in [-0.05, 0) is 6.42 Å². The van der Waals surface area contributed by atoms with Gasteiger partial charge in [-0.2, -0.15) is 0 Å². The van der Waals surface area contributed by atoms with Crippen LogP contribution in [0.3, 0.4) is 0 Å². The summed E-state index contributed by atoms with van der Waals surface area (Å²) in [7, 11) is 1.60. The highest BCUT2D eigenvalue weighted by molar-refractivity contribution is 5.74. The molecule has 1 aromatic heterocycles. The first kappa shape index (κ1) is 15.2. The maximum Gasteiger partial charge on any atom is 0.317 e. The highest BCUT2D eigenvalue weighted by Crippen LogP contribution is 1.95. The largest absolute Gasteiger partial charge is 0.383 e. The summed E-state index contributed by atoms with van der Waals surface area (Å²) >= 11 is 0. The van der Waals surface area contributed by atoms with Gasteiger partial charge in [0.05, 0.1) is 25.2 Å². The van der Waals surface area contributed by atoms with Crippen molar-refractivity contribution in [1.82, 2.24) is 20.2 Å². The number of nitrogens with one attached hydrogen (secondary N) is 2. The summed E-state index contributed by atoms with van der Waals surface area (Å²) in [5, 5.41) is 2.74. The van der Waals surface area contributed by atoms with Crippen LogP contribution in [0.15, 0.2) is 17.2 Å². The molecule has 0 aliphatic heterocycles. The number of hydrogen-bond donors (Lipinski definition) is 2. The summed E-state index contributed by atoms with van der Waals surface area (Å²) in [5.74, 6) is 0. The predicted octanol–water partition coefficient (Wildman–Crippen LogP) is 0.338. The van der Waals surface area contributed by atoms with Gasteiger partial charge in [0.15, 0.2) is 0 Å². The molecule has 2 amide bonds. The minimum atomic E-state index is -0.232. The van der Waals surface area contributed by atoms with E-state index in [9.17, 15) is 9.59 Å². The van der Waals surface area contributed by atoms with Crippen molar-refractivity contribution in [3.05, 3.63) is 28.4 Å². The lowest BCUT2D eigenvalue weighted by molar-refractivity contribution is 0.149. The van der Waals surface area contributed by atoms with Crippen LogP contribution in [-0.4, -0.2) is 47.7 Å². The number of amides is 2. The van der Waals surface area contributed by atoms with E-state index in [-0.39, 0.29) is 18.1 Å². The Kier molecular flexibility index (Phi) is 6.59. The summed E-state index contributed by atoms with van der Waals surface area (Å²) in [5.41, 5.74) is 0.296. The van der Waals surface area contributed by atoms with Crippen LogP contribution in [0.4, 0.5) is 4.79 Å². The molecule has 7 nitrogen and oxygen atoms in total. The van der Waals surface area contributed by atoms with Crippen LogP contribution in [0.25, 0.3) is 0 Å². The fraction of sp³-hybridized carbons (Fsp3) is 0.583. The van der Waals surface area contributed by atoms with Crippen LogP contribution in [0, 0.1) is 0 Å². The molecule has 0 fully saturated rings. The zero-order chi connectivity index (χ0) is 14.1. The number of carbonyl (C=O) groups excluding carboxylic acids is 1. The molecule has 19 heavy (non-hydrogen) atoms. The first-order valence-corrected chi connectivity index (χ1v) is 6.22. The normalized spacial score (nSPS) is 10.2. The molecule has 1 rings (SSSR count). The molecule has 1 heterocycles. The van der Waals surface area contributed by atoms with Gasteiger partial charge in [-0.15, -0.1) is 0 Å². The second-order valence-corrected chi connectivity index (χ2v) is 4.04. The molecule has 0 atom stereocenters. The second-order valence-electron chi connectivity index (χ2n) is 4.04. The molecule has 0 aromatic carbocycles. The van der Waals surface area contributed by atoms with Crippen LogP contribution in [0.1, 0.15) is 19.0 Å². The molecule has 0 saturated heterocycles. The first-order valence-electron chi connectivity index (χ1n) is 6.22. The minimum Gasteiger partial charge on any atom is -0.383 e. The Hall–Kier alpha value is -1.89. The summed E-state index contributed by atoms with van der Waals surface area (Å²) in [6, 6.07) is 1.18. The number of urea groups is 1. The number of ether oxygens (including phenoxy) is 1. The summed E-state index contributed by atoms with van der Waals surface area (Å²) in [6.45, 7) is 3.94. The average molecular weight is 268 g/mol. The molecule has 106 valence electrons. The number of aromatic nitrogens is 2. The van der Waals surface area contributed by atoms with Gasteiger partial charge in [0.1, 0.15) is 0 Å². The molecule has 0 bridgehead atoms. The smallest absolute Gasteiger partial charge is 0.317 e. The van der Waals surface area contributed by atoms with Gasteiger partial charge in [-0.25, -0.2) is 9.78 Å². The number of carbonyl (C=O) groups is 1. The van der Waals surface area contributed by atoms with Crippen LogP contribution in [0.2, 0.25) is 0 Å². The van der Waals surface area contributed by atoms with Crippen molar-refractivity contribution in [1.29, 1.82) is 0 Å². The van der Waals surface area contributed by atoms with Crippen molar-refractivity contribution in [2.24, 2.45) is 0 Å². The zero-order valence-electron chi connectivity index (χ0n) is 11.3. The third kappa shape index (κ3) is 5.52. The minimum absolute atomic E-state index is 0.180. The van der Waals surface area contributed by atoms with E-state index in [1.807, 2.05) is 6.92 Å². The number of aromatic amines is 1. The van der Waals surface area contributed by atoms with E-state index in [0.717, 1.165) is 6.42 Å². The van der Waals surface area contributed by atoms with Crippen LogP contribution in [-0.2, 0) is 11.3 Å². The van der Waals surface area contributed by atoms with Gasteiger partial charge < -0.3 is 19.9 Å². The number of hydrogen-bond acceptors (Lipinski definition) is 4. The Labute approximate surface area is 112 Å². The Bertz CT molecular complexity index is 447. The lowest BCUT2D eigenvalue weighted by Gasteiger charge is -2.22. The maximum absolute atomic E-state index is 11.9. The Balaban J connectivity index is 2.49. The molecule has 0 saturated carbocycles. The Morgan fingerprint density at radius 3 is 2.95 bits per heavy atom. The highest BCUT2D eigenvalue weighted by atomic mass is 16.5. The van der Waals surface area contributed by atoms with Gasteiger partial charge in [-0.1, -0.05) is 6.92 Å². The fourth-order valence-corrected chi connectivity index (χ4v) is 1.57. The van der Waals surface area contributed by atoms with E-state index in [2.05, 4.69) is 15.3 Å². The van der Waals surface area contributed by atoms with Crippen LogP contribution in [0.5, 0.6) is 0 Å². The zero-order valence-corrected chi connectivity index (χ0v) is 11.3. The van der Waals surface area contributed by atoms with E-state index >= 15 is 0 Å². The summed E-state index contributed by atoms with van der Waals surface area (Å²) in [4.78, 5) is 31.1. The molecule has 0 aliphatic rings. The predicted molar refractivity (Wildman–Crippen MR) is 70.8 cm³/mol. The van der Waals surface area contributed by atoms with Gasteiger partial charge in [0.25, 0.3) is 5.56 Å². The number of rotatable bonds is 7. The first-order chi connectivity index (χ1) is 9.17. The fourth-order valence-electron chi connectivity index (χ4n) is 1.57. The summed E-state index contributed by atoms with van der Waals surface area (Å²) < 4.78 is 4.97. The monoisotopic (exact) mass is 268 g/mol. The molecule has 0 aliphatic carbocycles. The Morgan fingerprint density at radius 2 is 2.32 bits per heavy atom. The summed E-state index contributed by atoms with van der Waals surface area (Å²) in [6.07, 6.45) is 2.19. The van der Waals surface area contributed by atoms with Crippen molar-refractivity contribution in [3.8, 4) is 0 Å². The van der Waals surface area contributed by atoms with E-state index < -0.39 is 0 Å². The molecule has 0 radical (unpaired) electrons. The van der Waals surface area contributed by atoms with Gasteiger partial charge in [0, 0.05) is 26.3 Å². The van der Waals surface area contributed by atoms with Crippen molar-refractivity contribution < 1.29 is 9.53 Å². The van der Waals surface area contributed by atoms with Crippen LogP contribution < -0.4 is 10.9 Å². The topological polar surface area (TPSA) is 87.3 Å². The lowest BCUT2D eigenvalue weighted by Crippen LogP contribution is -2.42. The van der Waals surface area contributed by atoms with E-state index in [1.54, 1.807) is 12.0 Å². The molecule has 2 N–H and O–H groups in total. The lowest BCUT2D eigenvalue weighted by atomic mass is 10.4. The van der Waals surface area contributed by atoms with E-state index in [4.69, 9.17) is 4.74 Å². The number of nitrogens with zero attached hydrogens (tertiary/aromatic N) is 2. The molecule has 7 heteroatoms. The molecule has 0 unspecified atom stereocenters. The van der Waals surface area contributed by atoms with E-state index in [1.165, 1.54) is 12.4 Å². The molecule has 0 spiro atoms. The molecular formula is C12H20N4O3. The van der Waals surface area contributed by atoms with Crippen molar-refractivity contribution in [2.75, 3.05) is 26.8 Å². The highest BCUT2D eigenvalue weighted by Gasteiger charge is 2.11. The second kappa shape index (κ2) is 8.25. The quantitative estimate of drug-likeness (QED) is 0.746. The number of H-pyrrole nitrogens is 1. The van der Waals surface area contributed by atoms with Crippen molar-refractivity contribution >= 4 is 6.03 Å². The van der Waals surface area contributed by atoms with E-state index in [0.29, 0.717) is 25.4 Å². The van der Waals surface area contributed by atoms with Gasteiger partial charge in [-0.3, -0.25) is 4.79 Å². The third-order valence-corrected chi connectivity index (χ3v) is 2.50. The SMILES string of the molecule is CCCN(CCOC)C(=O)NCc1cc(=O)[nH]cn1. The van der Waals surface area contributed by atoms with Crippen molar-refractivity contribution in [3.63, 3.8) is 0 Å². The standard InChI is InChI=1S/C12H20N4O3/c1-3-4-16(5-6-19-2)12(18)13-8-10-7-11(17)15-9-14-10/h7,9H,3-6,8H2,1-2H3,(H,13,18)(H,14,15,17). The third-order valence-electron chi connectivity index (χ3n) is 2.50. The van der Waals surface area contributed by atoms with Gasteiger partial charge in [0.2, 0.25) is 0 Å². The number of methoxy groups -OCH3 is 1.